The van der Waals surface area contributed by atoms with Gasteiger partial charge in [-0.05, 0) is 67.2 Å². The van der Waals surface area contributed by atoms with Gasteiger partial charge in [0.1, 0.15) is 5.75 Å². The molecule has 1 amide bonds. The van der Waals surface area contributed by atoms with Gasteiger partial charge in [0.05, 0.1) is 23.9 Å². The zero-order chi connectivity index (χ0) is 23.4. The van der Waals surface area contributed by atoms with E-state index in [1.165, 1.54) is 0 Å². The molecule has 1 aliphatic rings. The monoisotopic (exact) mass is 444 g/mol. The third-order valence-corrected chi connectivity index (χ3v) is 5.80. The average Bonchev–Trinajstić information content (AvgIpc) is 3.23. The van der Waals surface area contributed by atoms with Gasteiger partial charge < -0.3 is 14.8 Å². The molecular weight excluding hydrogens is 416 g/mol. The molecule has 0 fully saturated rings. The van der Waals surface area contributed by atoms with E-state index in [4.69, 9.17) is 14.5 Å². The molecule has 6 nitrogen and oxygen atoms in total. The van der Waals surface area contributed by atoms with Crippen molar-refractivity contribution >= 4 is 34.4 Å². The molecule has 2 aromatic carbocycles. The molecule has 1 aliphatic carbocycles. The number of esters is 1. The van der Waals surface area contributed by atoms with Gasteiger partial charge in [-0.25, -0.2) is 9.78 Å². The number of nitrogens with zero attached hydrogens (tertiary/aromatic N) is 1. The molecule has 1 N–H and O–H groups in total. The average molecular weight is 445 g/mol. The standard InChI is InChI=1S/C27H28N2O4/c1-4-15-28-26(30)17(2)33-27(31)24-21-7-5-6-8-23(21)29-25-19(11-14-22(24)25)16-18-9-12-20(32-3)13-10-18/h5-10,12-13,16-17H,4,11,14-15H2,1-3H3,(H,28,30)/b19-16-. The lowest BCUT2D eigenvalue weighted by atomic mass is 10.0. The number of ether oxygens (including phenoxy) is 2. The van der Waals surface area contributed by atoms with Crippen LogP contribution in [0.2, 0.25) is 0 Å². The molecule has 6 heteroatoms. The van der Waals surface area contributed by atoms with E-state index in [0.29, 0.717) is 18.5 Å². The Morgan fingerprint density at radius 1 is 1.12 bits per heavy atom. The molecule has 170 valence electrons. The van der Waals surface area contributed by atoms with Crippen LogP contribution < -0.4 is 10.1 Å². The number of para-hydroxylation sites is 1. The summed E-state index contributed by atoms with van der Waals surface area (Å²) < 4.78 is 10.8. The van der Waals surface area contributed by atoms with Crippen LogP contribution in [0.3, 0.4) is 0 Å². The largest absolute Gasteiger partial charge is 0.497 e. The SMILES string of the molecule is CCCNC(=O)C(C)OC(=O)c1c2c(nc3ccccc13)/C(=C\c1ccc(OC)cc1)CC2. The first kappa shape index (κ1) is 22.5. The number of nitrogens with one attached hydrogen (secondary N) is 1. The van der Waals surface area contributed by atoms with Crippen LogP contribution in [-0.2, 0) is 16.0 Å². The van der Waals surface area contributed by atoms with Crippen molar-refractivity contribution in [3.8, 4) is 5.75 Å². The summed E-state index contributed by atoms with van der Waals surface area (Å²) in [6.07, 6.45) is 3.51. The first-order valence-corrected chi connectivity index (χ1v) is 11.3. The molecule has 0 saturated heterocycles. The van der Waals surface area contributed by atoms with Gasteiger partial charge in [-0.1, -0.05) is 37.3 Å². The number of aromatic nitrogens is 1. The maximum absolute atomic E-state index is 13.3. The quantitative estimate of drug-likeness (QED) is 0.530. The molecule has 0 saturated carbocycles. The number of pyridine rings is 1. The van der Waals surface area contributed by atoms with Crippen molar-refractivity contribution in [2.45, 2.75) is 39.2 Å². The molecule has 0 bridgehead atoms. The van der Waals surface area contributed by atoms with Crippen LogP contribution in [0.5, 0.6) is 5.75 Å². The van der Waals surface area contributed by atoms with Crippen LogP contribution in [0.4, 0.5) is 0 Å². The van der Waals surface area contributed by atoms with Crippen molar-refractivity contribution < 1.29 is 19.1 Å². The highest BCUT2D eigenvalue weighted by atomic mass is 16.5. The molecular formula is C27H28N2O4. The second kappa shape index (κ2) is 9.86. The number of carbonyl (C=O) groups excluding carboxylic acids is 2. The highest BCUT2D eigenvalue weighted by Crippen LogP contribution is 2.38. The molecule has 4 rings (SSSR count). The number of hydrogen-bond donors (Lipinski definition) is 1. The van der Waals surface area contributed by atoms with E-state index in [1.807, 2.05) is 55.5 Å². The number of hydrogen-bond acceptors (Lipinski definition) is 5. The summed E-state index contributed by atoms with van der Waals surface area (Å²) in [5, 5.41) is 3.52. The van der Waals surface area contributed by atoms with E-state index in [0.717, 1.165) is 51.9 Å². The Bertz CT molecular complexity index is 1210. The molecule has 1 atom stereocenters. The van der Waals surface area contributed by atoms with Crippen molar-refractivity contribution in [3.05, 3.63) is 70.9 Å². The molecule has 1 unspecified atom stereocenters. The summed E-state index contributed by atoms with van der Waals surface area (Å²) in [4.78, 5) is 30.4. The van der Waals surface area contributed by atoms with Crippen LogP contribution in [0.1, 0.15) is 53.9 Å². The lowest BCUT2D eigenvalue weighted by molar-refractivity contribution is -0.129. The molecule has 0 spiro atoms. The van der Waals surface area contributed by atoms with Gasteiger partial charge in [0.25, 0.3) is 5.91 Å². The van der Waals surface area contributed by atoms with Crippen molar-refractivity contribution in [3.63, 3.8) is 0 Å². The van der Waals surface area contributed by atoms with Gasteiger partial charge in [0.15, 0.2) is 6.10 Å². The van der Waals surface area contributed by atoms with Crippen molar-refractivity contribution in [1.29, 1.82) is 0 Å². The Kier molecular flexibility index (Phi) is 6.73. The van der Waals surface area contributed by atoms with E-state index >= 15 is 0 Å². The Balaban J connectivity index is 1.71. The Morgan fingerprint density at radius 2 is 1.88 bits per heavy atom. The van der Waals surface area contributed by atoms with Crippen molar-refractivity contribution in [2.75, 3.05) is 13.7 Å². The summed E-state index contributed by atoms with van der Waals surface area (Å²) in [6, 6.07) is 15.4. The van der Waals surface area contributed by atoms with Gasteiger partial charge in [-0.15, -0.1) is 0 Å². The highest BCUT2D eigenvalue weighted by Gasteiger charge is 2.29. The fourth-order valence-corrected chi connectivity index (χ4v) is 4.08. The van der Waals surface area contributed by atoms with Gasteiger partial charge in [0.2, 0.25) is 0 Å². The van der Waals surface area contributed by atoms with Gasteiger partial charge in [-0.2, -0.15) is 0 Å². The maximum Gasteiger partial charge on any atom is 0.339 e. The van der Waals surface area contributed by atoms with Crippen LogP contribution >= 0.6 is 0 Å². The zero-order valence-electron chi connectivity index (χ0n) is 19.2. The van der Waals surface area contributed by atoms with E-state index in [2.05, 4.69) is 11.4 Å². The third-order valence-electron chi connectivity index (χ3n) is 5.80. The second-order valence-electron chi connectivity index (χ2n) is 8.11. The number of fused-ring (bicyclic) bond motifs is 2. The number of allylic oxidation sites excluding steroid dienone is 1. The van der Waals surface area contributed by atoms with Crippen molar-refractivity contribution in [1.82, 2.24) is 10.3 Å². The summed E-state index contributed by atoms with van der Waals surface area (Å²) in [5.74, 6) is 0.0187. The topological polar surface area (TPSA) is 77.5 Å². The maximum atomic E-state index is 13.3. The lowest BCUT2D eigenvalue weighted by Gasteiger charge is -2.16. The minimum absolute atomic E-state index is 0.291. The van der Waals surface area contributed by atoms with Gasteiger partial charge in [0, 0.05) is 11.9 Å². The van der Waals surface area contributed by atoms with Crippen LogP contribution in [0.15, 0.2) is 48.5 Å². The van der Waals surface area contributed by atoms with Crippen LogP contribution in [0.25, 0.3) is 22.6 Å². The van der Waals surface area contributed by atoms with Crippen LogP contribution in [-0.4, -0.2) is 36.6 Å². The molecule has 1 aromatic heterocycles. The molecule has 0 radical (unpaired) electrons. The Labute approximate surface area is 193 Å². The van der Waals surface area contributed by atoms with Crippen molar-refractivity contribution in [2.24, 2.45) is 0 Å². The minimum Gasteiger partial charge on any atom is -0.497 e. The number of rotatable bonds is 7. The molecule has 1 heterocycles. The number of carbonyl (C=O) groups is 2. The summed E-state index contributed by atoms with van der Waals surface area (Å²) in [6.45, 7) is 4.12. The first-order valence-electron chi connectivity index (χ1n) is 11.3. The Hall–Kier alpha value is -3.67. The number of methoxy groups -OCH3 is 1. The number of benzene rings is 2. The van der Waals surface area contributed by atoms with E-state index < -0.39 is 12.1 Å². The van der Waals surface area contributed by atoms with Crippen LogP contribution in [0, 0.1) is 0 Å². The van der Waals surface area contributed by atoms with Gasteiger partial charge in [-0.3, -0.25) is 4.79 Å². The third kappa shape index (κ3) is 4.75. The number of amides is 1. The predicted octanol–water partition coefficient (Wildman–Crippen LogP) is 4.80. The second-order valence-corrected chi connectivity index (χ2v) is 8.11. The normalized spacial score (nSPS) is 14.7. The lowest BCUT2D eigenvalue weighted by Crippen LogP contribution is -2.36. The summed E-state index contributed by atoms with van der Waals surface area (Å²) in [7, 11) is 1.64. The summed E-state index contributed by atoms with van der Waals surface area (Å²) >= 11 is 0. The molecule has 33 heavy (non-hydrogen) atoms. The predicted molar refractivity (Wildman–Crippen MR) is 129 cm³/mol. The fraction of sp³-hybridized carbons (Fsp3) is 0.296. The van der Waals surface area contributed by atoms with E-state index in [1.54, 1.807) is 14.0 Å². The summed E-state index contributed by atoms with van der Waals surface area (Å²) in [5.41, 5.74) is 5.04. The zero-order valence-corrected chi connectivity index (χ0v) is 19.2. The highest BCUT2D eigenvalue weighted by molar-refractivity contribution is 6.07. The first-order chi connectivity index (χ1) is 16.0. The van der Waals surface area contributed by atoms with Gasteiger partial charge >= 0.3 is 5.97 Å². The fourth-order valence-electron chi connectivity index (χ4n) is 4.08. The smallest absolute Gasteiger partial charge is 0.339 e. The Morgan fingerprint density at radius 3 is 2.61 bits per heavy atom. The van der Waals surface area contributed by atoms with E-state index in [-0.39, 0.29) is 5.91 Å². The molecule has 3 aromatic rings. The van der Waals surface area contributed by atoms with E-state index in [9.17, 15) is 9.59 Å². The molecule has 0 aliphatic heterocycles. The minimum atomic E-state index is -0.873.